The molecule has 0 amide bonds. The average Bonchev–Trinajstić information content (AvgIpc) is 2.22. The largest absolute Gasteiger partial charge is 0.393 e. The Hall–Kier alpha value is -0.0400. The first kappa shape index (κ1) is 16.0. The Balaban J connectivity index is 3.14. The number of hydrogen-bond donors (Lipinski definition) is 1. The van der Waals surface area contributed by atoms with Gasteiger partial charge in [-0.1, -0.05) is 71.6 Å². The monoisotopic (exact) mass is 228 g/mol. The third-order valence-corrected chi connectivity index (χ3v) is 3.37. The van der Waals surface area contributed by atoms with Crippen LogP contribution in [0.2, 0.25) is 0 Å². The lowest BCUT2D eigenvalue weighted by Crippen LogP contribution is -2.01. The molecule has 0 aromatic rings. The van der Waals surface area contributed by atoms with E-state index in [0.29, 0.717) is 0 Å². The Morgan fingerprint density at radius 2 is 1.31 bits per heavy atom. The summed E-state index contributed by atoms with van der Waals surface area (Å²) in [6.45, 7) is 6.51. The SMILES string of the molecule is CCCCCCCCC(C)CCCC(C)O. The number of aliphatic hydroxyl groups excluding tert-OH is 1. The molecule has 0 aromatic carbocycles. The first-order valence-electron chi connectivity index (χ1n) is 7.34. The predicted octanol–water partition coefficient (Wildman–Crippen LogP) is 4.92. The molecule has 0 aliphatic rings. The molecule has 0 rings (SSSR count). The average molecular weight is 228 g/mol. The van der Waals surface area contributed by atoms with E-state index in [9.17, 15) is 0 Å². The molecule has 2 unspecified atom stereocenters. The first-order chi connectivity index (χ1) is 7.66. The highest BCUT2D eigenvalue weighted by Crippen LogP contribution is 2.17. The van der Waals surface area contributed by atoms with Crippen LogP contribution < -0.4 is 0 Å². The summed E-state index contributed by atoms with van der Waals surface area (Å²) in [5, 5.41) is 9.16. The van der Waals surface area contributed by atoms with Crippen LogP contribution in [0.5, 0.6) is 0 Å². The molecule has 1 nitrogen and oxygen atoms in total. The van der Waals surface area contributed by atoms with Gasteiger partial charge in [0.05, 0.1) is 6.10 Å². The van der Waals surface area contributed by atoms with Gasteiger partial charge in [0.15, 0.2) is 0 Å². The van der Waals surface area contributed by atoms with Gasteiger partial charge < -0.3 is 5.11 Å². The molecule has 0 aromatic heterocycles. The summed E-state index contributed by atoms with van der Waals surface area (Å²) < 4.78 is 0. The Morgan fingerprint density at radius 3 is 1.94 bits per heavy atom. The molecule has 0 saturated carbocycles. The maximum atomic E-state index is 9.16. The fourth-order valence-corrected chi connectivity index (χ4v) is 2.18. The van der Waals surface area contributed by atoms with Crippen LogP contribution in [0.1, 0.15) is 85.0 Å². The van der Waals surface area contributed by atoms with Gasteiger partial charge in [0.1, 0.15) is 0 Å². The van der Waals surface area contributed by atoms with Gasteiger partial charge in [-0.25, -0.2) is 0 Å². The Bertz CT molecular complexity index is 131. The van der Waals surface area contributed by atoms with Crippen molar-refractivity contribution in [1.82, 2.24) is 0 Å². The van der Waals surface area contributed by atoms with E-state index in [4.69, 9.17) is 5.11 Å². The maximum Gasteiger partial charge on any atom is 0.0512 e. The van der Waals surface area contributed by atoms with Gasteiger partial charge in [-0.3, -0.25) is 0 Å². The van der Waals surface area contributed by atoms with Crippen LogP contribution in [0, 0.1) is 5.92 Å². The molecule has 2 atom stereocenters. The second-order valence-corrected chi connectivity index (χ2v) is 5.44. The van der Waals surface area contributed by atoms with Crippen LogP contribution >= 0.6 is 0 Å². The zero-order valence-corrected chi connectivity index (χ0v) is 11.7. The van der Waals surface area contributed by atoms with Crippen molar-refractivity contribution < 1.29 is 5.11 Å². The Morgan fingerprint density at radius 1 is 0.750 bits per heavy atom. The summed E-state index contributed by atoms with van der Waals surface area (Å²) in [5.74, 6) is 0.852. The third kappa shape index (κ3) is 12.0. The molecular formula is C15H32O. The molecule has 1 N–H and O–H groups in total. The van der Waals surface area contributed by atoms with Crippen LogP contribution in [0.4, 0.5) is 0 Å². The summed E-state index contributed by atoms with van der Waals surface area (Å²) in [5.41, 5.74) is 0. The lowest BCUT2D eigenvalue weighted by atomic mass is 9.96. The Kier molecular flexibility index (Phi) is 11.4. The number of aliphatic hydroxyl groups is 1. The van der Waals surface area contributed by atoms with E-state index in [1.54, 1.807) is 0 Å². The molecule has 0 spiro atoms. The van der Waals surface area contributed by atoms with Gasteiger partial charge in [0, 0.05) is 0 Å². The van der Waals surface area contributed by atoms with E-state index >= 15 is 0 Å². The van der Waals surface area contributed by atoms with Crippen molar-refractivity contribution in [3.05, 3.63) is 0 Å². The number of hydrogen-bond acceptors (Lipinski definition) is 1. The van der Waals surface area contributed by atoms with Crippen molar-refractivity contribution in [3.8, 4) is 0 Å². The number of unbranched alkanes of at least 4 members (excludes halogenated alkanes) is 5. The highest BCUT2D eigenvalue weighted by Gasteiger charge is 2.03. The molecule has 0 aliphatic carbocycles. The minimum atomic E-state index is -0.110. The lowest BCUT2D eigenvalue weighted by molar-refractivity contribution is 0.178. The minimum absolute atomic E-state index is 0.110. The molecule has 0 aliphatic heterocycles. The summed E-state index contributed by atoms with van der Waals surface area (Å²) in [7, 11) is 0. The molecule has 1 heteroatoms. The van der Waals surface area contributed by atoms with Gasteiger partial charge in [-0.15, -0.1) is 0 Å². The highest BCUT2D eigenvalue weighted by atomic mass is 16.3. The van der Waals surface area contributed by atoms with Crippen molar-refractivity contribution >= 4 is 0 Å². The van der Waals surface area contributed by atoms with Crippen molar-refractivity contribution in [2.24, 2.45) is 5.92 Å². The first-order valence-corrected chi connectivity index (χ1v) is 7.34. The van der Waals surface area contributed by atoms with Crippen LogP contribution in [0.3, 0.4) is 0 Å². The lowest BCUT2D eigenvalue weighted by Gasteiger charge is -2.11. The van der Waals surface area contributed by atoms with Crippen LogP contribution in [0.25, 0.3) is 0 Å². The van der Waals surface area contributed by atoms with Crippen molar-refractivity contribution in [1.29, 1.82) is 0 Å². The van der Waals surface area contributed by atoms with E-state index in [-0.39, 0.29) is 6.10 Å². The summed E-state index contributed by atoms with van der Waals surface area (Å²) >= 11 is 0. The highest BCUT2D eigenvalue weighted by molar-refractivity contribution is 4.56. The van der Waals surface area contributed by atoms with E-state index in [1.807, 2.05) is 6.92 Å². The normalized spacial score (nSPS) is 15.0. The zero-order chi connectivity index (χ0) is 12.2. The molecule has 16 heavy (non-hydrogen) atoms. The van der Waals surface area contributed by atoms with Gasteiger partial charge >= 0.3 is 0 Å². The molecule has 98 valence electrons. The van der Waals surface area contributed by atoms with Crippen molar-refractivity contribution in [2.45, 2.75) is 91.1 Å². The van der Waals surface area contributed by atoms with E-state index in [1.165, 1.54) is 57.8 Å². The standard InChI is InChI=1S/C15H32O/c1-4-5-6-7-8-9-11-14(2)12-10-13-15(3)16/h14-16H,4-13H2,1-3H3. The van der Waals surface area contributed by atoms with Crippen molar-refractivity contribution in [2.75, 3.05) is 0 Å². The fourth-order valence-electron chi connectivity index (χ4n) is 2.18. The molecular weight excluding hydrogens is 196 g/mol. The van der Waals surface area contributed by atoms with Crippen LogP contribution in [-0.2, 0) is 0 Å². The van der Waals surface area contributed by atoms with Gasteiger partial charge in [0.2, 0.25) is 0 Å². The molecule has 0 fully saturated rings. The summed E-state index contributed by atoms with van der Waals surface area (Å²) in [6.07, 6.45) is 13.1. The van der Waals surface area contributed by atoms with Crippen LogP contribution in [-0.4, -0.2) is 11.2 Å². The molecule has 0 saturated heterocycles. The zero-order valence-electron chi connectivity index (χ0n) is 11.7. The maximum absolute atomic E-state index is 9.16. The van der Waals surface area contributed by atoms with Crippen molar-refractivity contribution in [3.63, 3.8) is 0 Å². The smallest absolute Gasteiger partial charge is 0.0512 e. The topological polar surface area (TPSA) is 20.2 Å². The minimum Gasteiger partial charge on any atom is -0.393 e. The molecule has 0 radical (unpaired) electrons. The van der Waals surface area contributed by atoms with E-state index in [0.717, 1.165) is 12.3 Å². The van der Waals surface area contributed by atoms with Crippen LogP contribution in [0.15, 0.2) is 0 Å². The Labute approximate surface area is 103 Å². The van der Waals surface area contributed by atoms with Gasteiger partial charge in [0.25, 0.3) is 0 Å². The number of rotatable bonds is 11. The second kappa shape index (κ2) is 11.4. The summed E-state index contributed by atoms with van der Waals surface area (Å²) in [4.78, 5) is 0. The third-order valence-electron chi connectivity index (χ3n) is 3.37. The second-order valence-electron chi connectivity index (χ2n) is 5.44. The van der Waals surface area contributed by atoms with E-state index in [2.05, 4.69) is 13.8 Å². The fraction of sp³-hybridized carbons (Fsp3) is 1.00. The quantitative estimate of drug-likeness (QED) is 0.497. The molecule has 0 heterocycles. The summed E-state index contributed by atoms with van der Waals surface area (Å²) in [6, 6.07) is 0. The predicted molar refractivity (Wildman–Crippen MR) is 72.7 cm³/mol. The molecule has 0 bridgehead atoms. The van der Waals surface area contributed by atoms with Gasteiger partial charge in [-0.05, 0) is 19.3 Å². The van der Waals surface area contributed by atoms with E-state index < -0.39 is 0 Å². The van der Waals surface area contributed by atoms with Gasteiger partial charge in [-0.2, -0.15) is 0 Å².